The Labute approximate surface area is 165 Å². The number of carbonyl (C=O) groups is 1. The third kappa shape index (κ3) is 5.31. The zero-order chi connectivity index (χ0) is 19.8. The van der Waals surface area contributed by atoms with Crippen molar-refractivity contribution < 1.29 is 9.18 Å². The SMILES string of the molecule is CN=C(NCCCC(=O)N1CCc2ccccc21)NCCc1ccc(F)cc1. The van der Waals surface area contributed by atoms with Crippen LogP contribution in [0.15, 0.2) is 53.5 Å². The van der Waals surface area contributed by atoms with Crippen molar-refractivity contribution in [2.75, 3.05) is 31.6 Å². The van der Waals surface area contributed by atoms with E-state index in [2.05, 4.69) is 21.7 Å². The lowest BCUT2D eigenvalue weighted by Crippen LogP contribution is -2.39. The van der Waals surface area contributed by atoms with Crippen molar-refractivity contribution in [1.82, 2.24) is 10.6 Å². The second-order valence-electron chi connectivity index (χ2n) is 6.83. The Hall–Kier alpha value is -2.89. The molecule has 3 rings (SSSR count). The number of halogens is 1. The summed E-state index contributed by atoms with van der Waals surface area (Å²) >= 11 is 0. The second kappa shape index (κ2) is 9.88. The van der Waals surface area contributed by atoms with Crippen LogP contribution in [0.1, 0.15) is 24.0 Å². The predicted molar refractivity (Wildman–Crippen MR) is 111 cm³/mol. The number of rotatable bonds is 7. The molecular formula is C22H27FN4O. The standard InChI is InChI=1S/C22H27FN4O/c1-24-22(26-15-12-17-8-10-19(23)11-9-17)25-14-4-7-21(28)27-16-13-18-5-2-3-6-20(18)27/h2-3,5-6,8-11H,4,7,12-16H2,1H3,(H2,24,25,26). The van der Waals surface area contributed by atoms with Crippen LogP contribution < -0.4 is 15.5 Å². The second-order valence-corrected chi connectivity index (χ2v) is 6.83. The molecule has 0 aromatic heterocycles. The number of aliphatic imine (C=N–C) groups is 1. The Morgan fingerprint density at radius 2 is 1.86 bits per heavy atom. The molecule has 2 aromatic carbocycles. The van der Waals surface area contributed by atoms with Gasteiger partial charge in [-0.2, -0.15) is 0 Å². The van der Waals surface area contributed by atoms with Gasteiger partial charge in [-0.3, -0.25) is 9.79 Å². The highest BCUT2D eigenvalue weighted by molar-refractivity contribution is 5.95. The maximum atomic E-state index is 12.9. The van der Waals surface area contributed by atoms with Gasteiger partial charge in [0.2, 0.25) is 5.91 Å². The fourth-order valence-electron chi connectivity index (χ4n) is 3.38. The number of hydrogen-bond acceptors (Lipinski definition) is 2. The molecule has 1 heterocycles. The summed E-state index contributed by atoms with van der Waals surface area (Å²) in [5.74, 6) is 0.660. The molecule has 0 spiro atoms. The van der Waals surface area contributed by atoms with Crippen LogP contribution in [0, 0.1) is 5.82 Å². The summed E-state index contributed by atoms with van der Waals surface area (Å²) in [6, 6.07) is 14.6. The molecule has 0 aliphatic carbocycles. The highest BCUT2D eigenvalue weighted by Gasteiger charge is 2.23. The summed E-state index contributed by atoms with van der Waals surface area (Å²) in [5, 5.41) is 6.48. The summed E-state index contributed by atoms with van der Waals surface area (Å²) < 4.78 is 12.9. The van der Waals surface area contributed by atoms with Crippen LogP contribution in [0.4, 0.5) is 10.1 Å². The van der Waals surface area contributed by atoms with E-state index in [0.717, 1.165) is 37.1 Å². The molecule has 1 aliphatic heterocycles. The number of guanidine groups is 1. The summed E-state index contributed by atoms with van der Waals surface area (Å²) in [6.07, 6.45) is 2.97. The molecule has 5 nitrogen and oxygen atoms in total. The number of para-hydroxylation sites is 1. The van der Waals surface area contributed by atoms with E-state index in [4.69, 9.17) is 0 Å². The molecule has 6 heteroatoms. The van der Waals surface area contributed by atoms with E-state index in [1.807, 2.05) is 23.1 Å². The first kappa shape index (κ1) is 19.9. The molecule has 0 saturated carbocycles. The number of fused-ring (bicyclic) bond motifs is 1. The summed E-state index contributed by atoms with van der Waals surface area (Å²) in [6.45, 7) is 2.16. The third-order valence-electron chi connectivity index (χ3n) is 4.89. The van der Waals surface area contributed by atoms with Gasteiger partial charge in [0.1, 0.15) is 5.82 Å². The Morgan fingerprint density at radius 3 is 2.64 bits per heavy atom. The number of anilines is 1. The molecular weight excluding hydrogens is 355 g/mol. The zero-order valence-electron chi connectivity index (χ0n) is 16.2. The molecule has 28 heavy (non-hydrogen) atoms. The van der Waals surface area contributed by atoms with E-state index >= 15 is 0 Å². The van der Waals surface area contributed by atoms with Gasteiger partial charge in [0.25, 0.3) is 0 Å². The predicted octanol–water partition coefficient (Wildman–Crippen LogP) is 2.90. The maximum Gasteiger partial charge on any atom is 0.227 e. The van der Waals surface area contributed by atoms with Crippen LogP contribution in [0.2, 0.25) is 0 Å². The van der Waals surface area contributed by atoms with Gasteiger partial charge in [0.15, 0.2) is 5.96 Å². The van der Waals surface area contributed by atoms with Crippen molar-refractivity contribution in [3.63, 3.8) is 0 Å². The molecule has 0 unspecified atom stereocenters. The van der Waals surface area contributed by atoms with Crippen LogP contribution >= 0.6 is 0 Å². The number of nitrogens with zero attached hydrogens (tertiary/aromatic N) is 2. The first-order chi connectivity index (χ1) is 13.7. The molecule has 0 radical (unpaired) electrons. The fraction of sp³-hybridized carbons (Fsp3) is 0.364. The molecule has 0 fully saturated rings. The Kier molecular flexibility index (Phi) is 7.00. The molecule has 2 aromatic rings. The Morgan fingerprint density at radius 1 is 1.11 bits per heavy atom. The fourth-order valence-corrected chi connectivity index (χ4v) is 3.38. The van der Waals surface area contributed by atoms with Gasteiger partial charge in [-0.25, -0.2) is 4.39 Å². The Balaban J connectivity index is 1.34. The molecule has 2 N–H and O–H groups in total. The zero-order valence-corrected chi connectivity index (χ0v) is 16.2. The Bertz CT molecular complexity index is 820. The molecule has 0 bridgehead atoms. The van der Waals surface area contributed by atoms with E-state index < -0.39 is 0 Å². The number of amides is 1. The molecule has 0 atom stereocenters. The first-order valence-electron chi connectivity index (χ1n) is 9.74. The van der Waals surface area contributed by atoms with Crippen LogP contribution in [0.25, 0.3) is 0 Å². The highest BCUT2D eigenvalue weighted by Crippen LogP contribution is 2.27. The monoisotopic (exact) mass is 382 g/mol. The summed E-state index contributed by atoms with van der Waals surface area (Å²) in [7, 11) is 1.72. The quantitative estimate of drug-likeness (QED) is 0.440. The third-order valence-corrected chi connectivity index (χ3v) is 4.89. The van der Waals surface area contributed by atoms with Crippen LogP contribution in [0.5, 0.6) is 0 Å². The number of benzene rings is 2. The summed E-state index contributed by atoms with van der Waals surface area (Å²) in [5.41, 5.74) is 3.37. The molecule has 0 saturated heterocycles. The van der Waals surface area contributed by atoms with Crippen molar-refractivity contribution in [3.8, 4) is 0 Å². The van der Waals surface area contributed by atoms with Crippen molar-refractivity contribution >= 4 is 17.6 Å². The average Bonchev–Trinajstić information content (AvgIpc) is 3.15. The smallest absolute Gasteiger partial charge is 0.227 e. The van der Waals surface area contributed by atoms with Gasteiger partial charge in [0.05, 0.1) is 0 Å². The van der Waals surface area contributed by atoms with Gasteiger partial charge in [-0.1, -0.05) is 30.3 Å². The minimum absolute atomic E-state index is 0.172. The number of nitrogens with one attached hydrogen (secondary N) is 2. The van der Waals surface area contributed by atoms with Crippen LogP contribution in [-0.2, 0) is 17.6 Å². The normalized spacial score (nSPS) is 13.4. The van der Waals surface area contributed by atoms with E-state index in [1.165, 1.54) is 17.7 Å². The van der Waals surface area contributed by atoms with Gasteiger partial charge in [-0.05, 0) is 48.6 Å². The van der Waals surface area contributed by atoms with Gasteiger partial charge in [0, 0.05) is 38.8 Å². The minimum Gasteiger partial charge on any atom is -0.356 e. The van der Waals surface area contributed by atoms with Crippen molar-refractivity contribution in [3.05, 3.63) is 65.5 Å². The highest BCUT2D eigenvalue weighted by atomic mass is 19.1. The van der Waals surface area contributed by atoms with Gasteiger partial charge >= 0.3 is 0 Å². The number of carbonyl (C=O) groups excluding carboxylic acids is 1. The molecule has 1 aliphatic rings. The maximum absolute atomic E-state index is 12.9. The lowest BCUT2D eigenvalue weighted by atomic mass is 10.1. The van der Waals surface area contributed by atoms with Gasteiger partial charge in [-0.15, -0.1) is 0 Å². The van der Waals surface area contributed by atoms with E-state index in [9.17, 15) is 9.18 Å². The largest absolute Gasteiger partial charge is 0.356 e. The van der Waals surface area contributed by atoms with E-state index in [0.29, 0.717) is 25.5 Å². The summed E-state index contributed by atoms with van der Waals surface area (Å²) in [4.78, 5) is 18.6. The van der Waals surface area contributed by atoms with Crippen LogP contribution in [-0.4, -0.2) is 38.5 Å². The van der Waals surface area contributed by atoms with Crippen molar-refractivity contribution in [2.24, 2.45) is 4.99 Å². The first-order valence-corrected chi connectivity index (χ1v) is 9.74. The lowest BCUT2D eigenvalue weighted by molar-refractivity contribution is -0.118. The molecule has 148 valence electrons. The van der Waals surface area contributed by atoms with Crippen LogP contribution in [0.3, 0.4) is 0 Å². The topological polar surface area (TPSA) is 56.7 Å². The van der Waals surface area contributed by atoms with Crippen molar-refractivity contribution in [1.29, 1.82) is 0 Å². The average molecular weight is 382 g/mol. The van der Waals surface area contributed by atoms with Gasteiger partial charge < -0.3 is 15.5 Å². The molecule has 1 amide bonds. The van der Waals surface area contributed by atoms with E-state index in [1.54, 1.807) is 19.2 Å². The van der Waals surface area contributed by atoms with E-state index in [-0.39, 0.29) is 11.7 Å². The number of hydrogen-bond donors (Lipinski definition) is 2. The van der Waals surface area contributed by atoms with Crippen molar-refractivity contribution in [2.45, 2.75) is 25.7 Å². The minimum atomic E-state index is -0.221. The lowest BCUT2D eigenvalue weighted by Gasteiger charge is -2.17.